The number of aliphatic hydroxyl groups is 2. The first-order valence-electron chi connectivity index (χ1n) is 14.8. The average molecular weight is 619 g/mol. The van der Waals surface area contributed by atoms with Crippen LogP contribution in [0.2, 0.25) is 0 Å². The molecule has 0 bridgehead atoms. The molecule has 6 aromatic carbocycles. The summed E-state index contributed by atoms with van der Waals surface area (Å²) in [4.78, 5) is 2.15. The zero-order valence-electron chi connectivity index (χ0n) is 24.6. The zero-order chi connectivity index (χ0) is 30.8. The Hall–Kier alpha value is -4.69. The van der Waals surface area contributed by atoms with Gasteiger partial charge in [0.25, 0.3) is 0 Å². The Kier molecular flexibility index (Phi) is 10.0. The third kappa shape index (κ3) is 7.88. The molecule has 6 aromatic rings. The molecule has 0 aliphatic carbocycles. The number of rotatable bonds is 14. The Labute approximate surface area is 266 Å². The van der Waals surface area contributed by atoms with Crippen molar-refractivity contribution in [3.8, 4) is 23.0 Å². The van der Waals surface area contributed by atoms with Gasteiger partial charge >= 0.3 is 0 Å². The first kappa shape index (κ1) is 30.3. The molecule has 2 unspecified atom stereocenters. The molecular formula is C38H34O6S. The molecule has 0 radical (unpaired) electrons. The summed E-state index contributed by atoms with van der Waals surface area (Å²) in [5.41, 5.74) is 0. The molecule has 6 nitrogen and oxygen atoms in total. The standard InChI is InChI=1S/C38H34O6S/c39-27(23-41-29-12-4-1-5-13-29)25-43-37-33-18-10-11-19-34(33)38(44-26-28(40)24-42-30-14-6-2-7-15-30)36-22-32(20-21-35(36)37)45-31-16-8-3-9-17-31/h1-22,27-28,39-40H,23-26H2. The predicted molar refractivity (Wildman–Crippen MR) is 179 cm³/mol. The molecule has 0 amide bonds. The van der Waals surface area contributed by atoms with Crippen molar-refractivity contribution in [1.82, 2.24) is 0 Å². The van der Waals surface area contributed by atoms with Crippen molar-refractivity contribution in [2.75, 3.05) is 26.4 Å². The molecule has 7 heteroatoms. The van der Waals surface area contributed by atoms with Gasteiger partial charge in [-0.1, -0.05) is 90.6 Å². The van der Waals surface area contributed by atoms with Gasteiger partial charge in [-0.05, 0) is 54.6 Å². The fraction of sp³-hybridized carbons (Fsp3) is 0.158. The van der Waals surface area contributed by atoms with Crippen molar-refractivity contribution in [3.63, 3.8) is 0 Å². The summed E-state index contributed by atoms with van der Waals surface area (Å²) >= 11 is 1.65. The Bertz CT molecular complexity index is 1820. The van der Waals surface area contributed by atoms with Crippen LogP contribution in [0.4, 0.5) is 0 Å². The van der Waals surface area contributed by atoms with Gasteiger partial charge in [-0.2, -0.15) is 0 Å². The largest absolute Gasteiger partial charge is 0.491 e. The van der Waals surface area contributed by atoms with Gasteiger partial charge in [0.05, 0.1) is 0 Å². The van der Waals surface area contributed by atoms with E-state index in [-0.39, 0.29) is 26.4 Å². The second kappa shape index (κ2) is 14.9. The SMILES string of the molecule is OC(COc1ccccc1)COc1c2ccccc2c(OCC(O)COc2ccccc2)c2cc(Sc3ccccc3)ccc12. The zero-order valence-corrected chi connectivity index (χ0v) is 25.4. The molecule has 6 rings (SSSR count). The highest BCUT2D eigenvalue weighted by molar-refractivity contribution is 7.99. The van der Waals surface area contributed by atoms with Gasteiger partial charge in [0.2, 0.25) is 0 Å². The topological polar surface area (TPSA) is 77.4 Å². The van der Waals surface area contributed by atoms with E-state index >= 15 is 0 Å². The quantitative estimate of drug-likeness (QED) is 0.121. The van der Waals surface area contributed by atoms with E-state index in [9.17, 15) is 10.2 Å². The summed E-state index contributed by atoms with van der Waals surface area (Å²) in [7, 11) is 0. The van der Waals surface area contributed by atoms with Gasteiger partial charge in [0.15, 0.2) is 0 Å². The second-order valence-electron chi connectivity index (χ2n) is 10.5. The molecule has 228 valence electrons. The van der Waals surface area contributed by atoms with Crippen LogP contribution in [0.1, 0.15) is 0 Å². The Morgan fingerprint density at radius 2 is 0.844 bits per heavy atom. The Morgan fingerprint density at radius 3 is 1.38 bits per heavy atom. The van der Waals surface area contributed by atoms with Crippen LogP contribution >= 0.6 is 11.8 Å². The lowest BCUT2D eigenvalue weighted by molar-refractivity contribution is 0.0629. The molecule has 0 saturated carbocycles. The summed E-state index contributed by atoms with van der Waals surface area (Å²) in [6.07, 6.45) is -1.70. The smallest absolute Gasteiger partial charge is 0.135 e. The molecule has 0 heterocycles. The molecule has 2 atom stereocenters. The maximum atomic E-state index is 10.8. The number of para-hydroxylation sites is 2. The molecular weight excluding hydrogens is 584 g/mol. The van der Waals surface area contributed by atoms with E-state index < -0.39 is 12.2 Å². The van der Waals surface area contributed by atoms with E-state index in [1.165, 1.54) is 0 Å². The monoisotopic (exact) mass is 618 g/mol. The molecule has 0 aliphatic heterocycles. The van der Waals surface area contributed by atoms with Crippen molar-refractivity contribution in [2.45, 2.75) is 22.0 Å². The summed E-state index contributed by atoms with van der Waals surface area (Å²) in [5.74, 6) is 2.67. The molecule has 0 aliphatic rings. The van der Waals surface area contributed by atoms with Crippen LogP contribution in [0.5, 0.6) is 23.0 Å². The van der Waals surface area contributed by atoms with Gasteiger partial charge in [-0.3, -0.25) is 0 Å². The number of ether oxygens (including phenoxy) is 4. The fourth-order valence-electron chi connectivity index (χ4n) is 4.95. The number of hydrogen-bond acceptors (Lipinski definition) is 7. The lowest BCUT2D eigenvalue weighted by Gasteiger charge is -2.21. The van der Waals surface area contributed by atoms with E-state index in [4.69, 9.17) is 18.9 Å². The minimum atomic E-state index is -0.850. The number of aliphatic hydroxyl groups excluding tert-OH is 2. The van der Waals surface area contributed by atoms with Crippen molar-refractivity contribution >= 4 is 33.3 Å². The fourth-order valence-corrected chi connectivity index (χ4v) is 5.83. The molecule has 0 spiro atoms. The average Bonchev–Trinajstić information content (AvgIpc) is 3.09. The second-order valence-corrected chi connectivity index (χ2v) is 11.7. The third-order valence-electron chi connectivity index (χ3n) is 7.09. The van der Waals surface area contributed by atoms with Crippen molar-refractivity contribution < 1.29 is 29.2 Å². The van der Waals surface area contributed by atoms with E-state index in [0.29, 0.717) is 23.0 Å². The Balaban J connectivity index is 1.29. The summed E-state index contributed by atoms with van der Waals surface area (Å²) in [5, 5.41) is 24.9. The maximum absolute atomic E-state index is 10.8. The number of hydrogen-bond donors (Lipinski definition) is 2. The predicted octanol–water partition coefficient (Wildman–Crippen LogP) is 7.78. The lowest BCUT2D eigenvalue weighted by Crippen LogP contribution is -2.25. The first-order chi connectivity index (χ1) is 22.1. The Morgan fingerprint density at radius 1 is 0.422 bits per heavy atom. The summed E-state index contributed by atoms with van der Waals surface area (Å²) in [6.45, 7) is 0.279. The van der Waals surface area contributed by atoms with E-state index in [0.717, 1.165) is 31.3 Å². The highest BCUT2D eigenvalue weighted by atomic mass is 32.2. The van der Waals surface area contributed by atoms with Crippen LogP contribution in [0, 0.1) is 0 Å². The molecule has 2 N–H and O–H groups in total. The van der Waals surface area contributed by atoms with E-state index in [1.807, 2.05) is 109 Å². The normalized spacial score (nSPS) is 12.5. The third-order valence-corrected chi connectivity index (χ3v) is 8.08. The lowest BCUT2D eigenvalue weighted by atomic mass is 10.0. The van der Waals surface area contributed by atoms with Crippen LogP contribution < -0.4 is 18.9 Å². The van der Waals surface area contributed by atoms with Gasteiger partial charge in [0, 0.05) is 31.3 Å². The molecule has 0 aromatic heterocycles. The van der Waals surface area contributed by atoms with Crippen LogP contribution in [0.3, 0.4) is 0 Å². The summed E-state index contributed by atoms with van der Waals surface area (Å²) in [6, 6.07) is 43.0. The van der Waals surface area contributed by atoms with Crippen LogP contribution in [0.15, 0.2) is 143 Å². The van der Waals surface area contributed by atoms with Gasteiger partial charge in [-0.15, -0.1) is 0 Å². The first-order valence-corrected chi connectivity index (χ1v) is 15.6. The molecule has 0 fully saturated rings. The van der Waals surface area contributed by atoms with Gasteiger partial charge in [-0.25, -0.2) is 0 Å². The number of fused-ring (bicyclic) bond motifs is 2. The summed E-state index contributed by atoms with van der Waals surface area (Å²) < 4.78 is 24.2. The highest BCUT2D eigenvalue weighted by Crippen LogP contribution is 2.44. The van der Waals surface area contributed by atoms with Crippen molar-refractivity contribution in [1.29, 1.82) is 0 Å². The number of benzene rings is 6. The van der Waals surface area contributed by atoms with Gasteiger partial charge < -0.3 is 29.2 Å². The van der Waals surface area contributed by atoms with Crippen LogP contribution in [-0.4, -0.2) is 48.8 Å². The molecule has 45 heavy (non-hydrogen) atoms. The van der Waals surface area contributed by atoms with Crippen LogP contribution in [-0.2, 0) is 0 Å². The van der Waals surface area contributed by atoms with Crippen molar-refractivity contribution in [2.24, 2.45) is 0 Å². The van der Waals surface area contributed by atoms with Crippen molar-refractivity contribution in [3.05, 3.63) is 133 Å². The minimum absolute atomic E-state index is 0.0394. The maximum Gasteiger partial charge on any atom is 0.135 e. The minimum Gasteiger partial charge on any atom is -0.491 e. The van der Waals surface area contributed by atoms with E-state index in [1.54, 1.807) is 11.8 Å². The molecule has 0 saturated heterocycles. The highest BCUT2D eigenvalue weighted by Gasteiger charge is 2.19. The van der Waals surface area contributed by atoms with E-state index in [2.05, 4.69) is 24.3 Å². The van der Waals surface area contributed by atoms with Gasteiger partial charge in [0.1, 0.15) is 61.6 Å². The van der Waals surface area contributed by atoms with Crippen LogP contribution in [0.25, 0.3) is 21.5 Å².